The third-order valence-electron chi connectivity index (χ3n) is 2.91. The van der Waals surface area contributed by atoms with Gasteiger partial charge in [0, 0.05) is 0 Å². The molecule has 1 N–H and O–H groups in total. The molecule has 2 nitrogen and oxygen atoms in total. The van der Waals surface area contributed by atoms with Crippen LogP contribution in [0.1, 0.15) is 30.9 Å². The van der Waals surface area contributed by atoms with E-state index in [1.54, 1.807) is 12.1 Å². The van der Waals surface area contributed by atoms with Gasteiger partial charge in [-0.3, -0.25) is 0 Å². The molecule has 2 rings (SSSR count). The van der Waals surface area contributed by atoms with E-state index >= 15 is 0 Å². The van der Waals surface area contributed by atoms with E-state index in [-0.39, 0.29) is 6.10 Å². The molecular formula is C13H13NO. The van der Waals surface area contributed by atoms with Crippen LogP contribution < -0.4 is 0 Å². The summed E-state index contributed by atoms with van der Waals surface area (Å²) in [5.74, 6) is 0. The van der Waals surface area contributed by atoms with E-state index in [2.05, 4.69) is 13.0 Å². The molecule has 1 atom stereocenters. The zero-order valence-electron chi connectivity index (χ0n) is 8.70. The van der Waals surface area contributed by atoms with Crippen molar-refractivity contribution in [1.29, 1.82) is 5.26 Å². The maximum Gasteiger partial charge on any atom is 0.0991 e. The summed E-state index contributed by atoms with van der Waals surface area (Å²) in [4.78, 5) is 0. The fourth-order valence-corrected chi connectivity index (χ4v) is 2.08. The zero-order chi connectivity index (χ0) is 10.8. The van der Waals surface area contributed by atoms with E-state index in [9.17, 15) is 5.11 Å². The predicted molar refractivity (Wildman–Crippen MR) is 59.0 cm³/mol. The van der Waals surface area contributed by atoms with Crippen LogP contribution in [-0.2, 0) is 0 Å². The monoisotopic (exact) mass is 199 g/mol. The number of nitrogens with zero attached hydrogens (tertiary/aromatic N) is 1. The maximum absolute atomic E-state index is 9.82. The molecule has 0 aromatic heterocycles. The fourth-order valence-electron chi connectivity index (χ4n) is 2.08. The van der Waals surface area contributed by atoms with E-state index in [4.69, 9.17) is 5.26 Å². The van der Waals surface area contributed by atoms with Gasteiger partial charge in [-0.05, 0) is 43.0 Å². The van der Waals surface area contributed by atoms with Gasteiger partial charge in [-0.25, -0.2) is 0 Å². The summed E-state index contributed by atoms with van der Waals surface area (Å²) in [6.07, 6.45) is 1.45. The number of aliphatic hydroxyl groups is 1. The Morgan fingerprint density at radius 3 is 2.47 bits per heavy atom. The highest BCUT2D eigenvalue weighted by Crippen LogP contribution is 2.33. The lowest BCUT2D eigenvalue weighted by molar-refractivity contribution is 0.231. The first kappa shape index (κ1) is 9.95. The molecule has 0 radical (unpaired) electrons. The zero-order valence-corrected chi connectivity index (χ0v) is 8.70. The molecular weight excluding hydrogens is 186 g/mol. The average Bonchev–Trinajstić information content (AvgIpc) is 2.59. The lowest BCUT2D eigenvalue weighted by atomic mass is 10.00. The van der Waals surface area contributed by atoms with Crippen molar-refractivity contribution in [3.8, 4) is 6.07 Å². The van der Waals surface area contributed by atoms with Crippen molar-refractivity contribution in [3.63, 3.8) is 0 Å². The summed E-state index contributed by atoms with van der Waals surface area (Å²) < 4.78 is 0. The second-order valence-electron chi connectivity index (χ2n) is 3.94. The Kier molecular flexibility index (Phi) is 2.57. The van der Waals surface area contributed by atoms with Crippen molar-refractivity contribution >= 4 is 5.57 Å². The highest BCUT2D eigenvalue weighted by molar-refractivity contribution is 5.73. The number of hydrogen-bond acceptors (Lipinski definition) is 2. The van der Waals surface area contributed by atoms with E-state index in [1.165, 1.54) is 5.57 Å². The third-order valence-corrected chi connectivity index (χ3v) is 2.91. The summed E-state index contributed by atoms with van der Waals surface area (Å²) in [5, 5.41) is 18.5. The number of hydrogen-bond donors (Lipinski definition) is 1. The van der Waals surface area contributed by atoms with Crippen LogP contribution in [0, 0.1) is 11.3 Å². The smallest absolute Gasteiger partial charge is 0.0991 e. The lowest BCUT2D eigenvalue weighted by Crippen LogP contribution is -2.03. The molecule has 0 saturated carbocycles. The van der Waals surface area contributed by atoms with Crippen LogP contribution in [0.15, 0.2) is 29.8 Å². The van der Waals surface area contributed by atoms with Gasteiger partial charge in [-0.1, -0.05) is 17.7 Å². The second-order valence-corrected chi connectivity index (χ2v) is 3.94. The van der Waals surface area contributed by atoms with Gasteiger partial charge >= 0.3 is 0 Å². The topological polar surface area (TPSA) is 44.0 Å². The molecule has 1 aromatic carbocycles. The largest absolute Gasteiger partial charge is 0.388 e. The molecule has 0 unspecified atom stereocenters. The molecule has 15 heavy (non-hydrogen) atoms. The molecule has 0 heterocycles. The van der Waals surface area contributed by atoms with E-state index < -0.39 is 0 Å². The van der Waals surface area contributed by atoms with Gasteiger partial charge in [-0.2, -0.15) is 5.26 Å². The van der Waals surface area contributed by atoms with Crippen molar-refractivity contribution < 1.29 is 5.11 Å². The normalized spacial score (nSPS) is 20.5. The first-order chi connectivity index (χ1) is 7.22. The lowest BCUT2D eigenvalue weighted by Gasteiger charge is -2.09. The molecule has 2 heteroatoms. The molecule has 1 aliphatic carbocycles. The maximum atomic E-state index is 9.82. The van der Waals surface area contributed by atoms with Crippen LogP contribution >= 0.6 is 0 Å². The number of nitriles is 1. The first-order valence-corrected chi connectivity index (χ1v) is 5.10. The highest BCUT2D eigenvalue weighted by atomic mass is 16.3. The number of benzene rings is 1. The molecule has 0 bridgehead atoms. The molecule has 0 fully saturated rings. The molecule has 0 saturated heterocycles. The van der Waals surface area contributed by atoms with Crippen molar-refractivity contribution in [3.05, 3.63) is 41.0 Å². The fraction of sp³-hybridized carbons (Fsp3) is 0.308. The Labute approximate surface area is 89.5 Å². The second kappa shape index (κ2) is 3.88. The minimum absolute atomic E-state index is 0.335. The average molecular weight is 199 g/mol. The third kappa shape index (κ3) is 1.79. The molecule has 1 aromatic rings. The van der Waals surface area contributed by atoms with Gasteiger partial charge in [-0.15, -0.1) is 0 Å². The quantitative estimate of drug-likeness (QED) is 0.755. The van der Waals surface area contributed by atoms with Crippen LogP contribution in [0.2, 0.25) is 0 Å². The van der Waals surface area contributed by atoms with E-state index in [1.807, 2.05) is 12.1 Å². The number of allylic oxidation sites excluding steroid dienone is 1. The summed E-state index contributed by atoms with van der Waals surface area (Å²) >= 11 is 0. The highest BCUT2D eigenvalue weighted by Gasteiger charge is 2.21. The Balaban J connectivity index is 2.38. The number of rotatable bonds is 1. The summed E-state index contributed by atoms with van der Waals surface area (Å²) in [6.45, 7) is 2.06. The van der Waals surface area contributed by atoms with Gasteiger partial charge < -0.3 is 5.11 Å². The van der Waals surface area contributed by atoms with Gasteiger partial charge in [0.25, 0.3) is 0 Å². The van der Waals surface area contributed by atoms with Crippen molar-refractivity contribution in [2.24, 2.45) is 0 Å². The molecule has 0 spiro atoms. The van der Waals surface area contributed by atoms with Gasteiger partial charge in [0.1, 0.15) is 0 Å². The Hall–Kier alpha value is -1.59. The van der Waals surface area contributed by atoms with Crippen LogP contribution in [0.4, 0.5) is 0 Å². The first-order valence-electron chi connectivity index (χ1n) is 5.10. The number of aliphatic hydroxyl groups excluding tert-OH is 1. The Morgan fingerprint density at radius 1 is 1.33 bits per heavy atom. The standard InChI is InChI=1S/C13H13NO/c1-9-2-7-12(15)13(9)11-5-3-10(8-14)4-6-11/h3-6,12,15H,2,7H2,1H3/t12-/m1/s1. The Morgan fingerprint density at radius 2 is 2.00 bits per heavy atom. The van der Waals surface area contributed by atoms with Gasteiger partial charge in [0.05, 0.1) is 17.7 Å². The van der Waals surface area contributed by atoms with Crippen LogP contribution in [0.5, 0.6) is 0 Å². The predicted octanol–water partition coefficient (Wildman–Crippen LogP) is 2.49. The van der Waals surface area contributed by atoms with E-state index in [0.29, 0.717) is 5.56 Å². The Bertz CT molecular complexity index is 437. The minimum atomic E-state index is -0.335. The molecule has 1 aliphatic rings. The van der Waals surface area contributed by atoms with Crippen molar-refractivity contribution in [2.45, 2.75) is 25.9 Å². The minimum Gasteiger partial charge on any atom is -0.388 e. The molecule has 76 valence electrons. The van der Waals surface area contributed by atoms with Crippen molar-refractivity contribution in [2.75, 3.05) is 0 Å². The van der Waals surface area contributed by atoms with Crippen LogP contribution in [0.25, 0.3) is 5.57 Å². The van der Waals surface area contributed by atoms with Gasteiger partial charge in [0.2, 0.25) is 0 Å². The SMILES string of the molecule is CC1=C(c2ccc(C#N)cc2)[C@H](O)CC1. The molecule has 0 aliphatic heterocycles. The van der Waals surface area contributed by atoms with Gasteiger partial charge in [0.15, 0.2) is 0 Å². The van der Waals surface area contributed by atoms with Crippen molar-refractivity contribution in [1.82, 2.24) is 0 Å². The summed E-state index contributed by atoms with van der Waals surface area (Å²) in [7, 11) is 0. The van der Waals surface area contributed by atoms with Crippen LogP contribution in [-0.4, -0.2) is 11.2 Å². The molecule has 0 amide bonds. The van der Waals surface area contributed by atoms with Crippen LogP contribution in [0.3, 0.4) is 0 Å². The van der Waals surface area contributed by atoms with E-state index in [0.717, 1.165) is 24.0 Å². The summed E-state index contributed by atoms with van der Waals surface area (Å²) in [5.41, 5.74) is 3.99. The summed E-state index contributed by atoms with van der Waals surface area (Å²) in [6, 6.07) is 9.49.